The normalized spacial score (nSPS) is 24.0. The summed E-state index contributed by atoms with van der Waals surface area (Å²) in [6.45, 7) is 2.34. The first kappa shape index (κ1) is 14.0. The van der Waals surface area contributed by atoms with Crippen LogP contribution in [0.1, 0.15) is 38.2 Å². The van der Waals surface area contributed by atoms with Gasteiger partial charge in [-0.1, -0.05) is 18.5 Å². The fraction of sp³-hybridized carbons (Fsp3) is 0.643. The second-order valence-corrected chi connectivity index (χ2v) is 5.97. The quantitative estimate of drug-likeness (QED) is 0.761. The molecule has 0 saturated heterocycles. The number of anilines is 1. The lowest BCUT2D eigenvalue weighted by Gasteiger charge is -2.34. The number of hydrogen-bond donors (Lipinski definition) is 0. The number of rotatable bonds is 3. The fourth-order valence-corrected chi connectivity index (χ4v) is 3.04. The van der Waals surface area contributed by atoms with Crippen LogP contribution in [0.5, 0.6) is 0 Å². The summed E-state index contributed by atoms with van der Waals surface area (Å²) in [5, 5.41) is 0.652. The Morgan fingerprint density at radius 1 is 1.33 bits per heavy atom. The molecule has 4 heteroatoms. The second-order valence-electron chi connectivity index (χ2n) is 5.29. The van der Waals surface area contributed by atoms with Crippen LogP contribution in [-0.4, -0.2) is 18.1 Å². The minimum atomic E-state index is 0.434. The zero-order chi connectivity index (χ0) is 13.1. The maximum absolute atomic E-state index is 6.04. The highest BCUT2D eigenvalue weighted by Crippen LogP contribution is 2.30. The van der Waals surface area contributed by atoms with Crippen molar-refractivity contribution >= 4 is 29.0 Å². The van der Waals surface area contributed by atoms with Gasteiger partial charge in [-0.2, -0.15) is 0 Å². The van der Waals surface area contributed by atoms with Crippen molar-refractivity contribution in [2.24, 2.45) is 5.92 Å². The Morgan fingerprint density at radius 3 is 2.61 bits per heavy atom. The predicted molar refractivity (Wildman–Crippen MR) is 78.6 cm³/mol. The lowest BCUT2D eigenvalue weighted by molar-refractivity contribution is 0.340. The number of hydrogen-bond acceptors (Lipinski definition) is 2. The molecule has 100 valence electrons. The topological polar surface area (TPSA) is 16.1 Å². The summed E-state index contributed by atoms with van der Waals surface area (Å²) in [4.78, 5) is 6.69. The largest absolute Gasteiger partial charge is 0.357 e. The predicted octanol–water partition coefficient (Wildman–Crippen LogP) is 4.49. The highest BCUT2D eigenvalue weighted by molar-refractivity contribution is 6.32. The first-order valence-corrected chi connectivity index (χ1v) is 7.46. The van der Waals surface area contributed by atoms with Crippen LogP contribution in [-0.2, 0) is 5.88 Å². The van der Waals surface area contributed by atoms with E-state index in [2.05, 4.69) is 23.9 Å². The van der Waals surface area contributed by atoms with E-state index in [0.29, 0.717) is 16.9 Å². The van der Waals surface area contributed by atoms with Gasteiger partial charge < -0.3 is 4.90 Å². The molecule has 0 atom stereocenters. The van der Waals surface area contributed by atoms with Crippen molar-refractivity contribution < 1.29 is 0 Å². The smallest absolute Gasteiger partial charge is 0.128 e. The zero-order valence-corrected chi connectivity index (χ0v) is 12.5. The first-order chi connectivity index (χ1) is 8.61. The maximum Gasteiger partial charge on any atom is 0.128 e. The van der Waals surface area contributed by atoms with E-state index < -0.39 is 0 Å². The van der Waals surface area contributed by atoms with Gasteiger partial charge in [-0.25, -0.2) is 4.98 Å². The first-order valence-electron chi connectivity index (χ1n) is 6.55. The van der Waals surface area contributed by atoms with Gasteiger partial charge in [0.1, 0.15) is 5.82 Å². The third-order valence-corrected chi connectivity index (χ3v) is 4.59. The van der Waals surface area contributed by atoms with E-state index in [9.17, 15) is 0 Å². The average molecular weight is 287 g/mol. The summed E-state index contributed by atoms with van der Waals surface area (Å²) < 4.78 is 0. The van der Waals surface area contributed by atoms with Crippen molar-refractivity contribution in [1.29, 1.82) is 0 Å². The van der Waals surface area contributed by atoms with Gasteiger partial charge in [-0.05, 0) is 43.2 Å². The van der Waals surface area contributed by atoms with Crippen LogP contribution < -0.4 is 4.90 Å². The molecule has 0 aromatic carbocycles. The Balaban J connectivity index is 2.10. The molecular formula is C14H20Cl2N2. The van der Waals surface area contributed by atoms with Gasteiger partial charge in [0.05, 0.1) is 5.02 Å². The molecule has 0 spiro atoms. The van der Waals surface area contributed by atoms with Gasteiger partial charge in [-0.3, -0.25) is 0 Å². The minimum absolute atomic E-state index is 0.434. The lowest BCUT2D eigenvalue weighted by Crippen LogP contribution is -2.35. The molecule has 1 aromatic heterocycles. The summed E-state index contributed by atoms with van der Waals surface area (Å²) in [7, 11) is 2.12. The number of aromatic nitrogens is 1. The van der Waals surface area contributed by atoms with Crippen molar-refractivity contribution in [1.82, 2.24) is 4.98 Å². The molecule has 0 amide bonds. The van der Waals surface area contributed by atoms with Gasteiger partial charge in [-0.15, -0.1) is 11.6 Å². The Bertz CT molecular complexity index is 401. The lowest BCUT2D eigenvalue weighted by atomic mass is 9.87. The Labute approximate surface area is 119 Å². The van der Waals surface area contributed by atoms with Crippen molar-refractivity contribution in [2.75, 3.05) is 11.9 Å². The third kappa shape index (κ3) is 3.10. The molecule has 0 unspecified atom stereocenters. The average Bonchev–Trinajstić information content (AvgIpc) is 2.39. The maximum atomic E-state index is 6.04. The second kappa shape index (κ2) is 6.12. The molecule has 1 saturated carbocycles. The molecule has 0 N–H and O–H groups in total. The van der Waals surface area contributed by atoms with E-state index in [-0.39, 0.29) is 0 Å². The van der Waals surface area contributed by atoms with Crippen molar-refractivity contribution in [2.45, 2.75) is 44.5 Å². The minimum Gasteiger partial charge on any atom is -0.357 e. The molecule has 2 rings (SSSR count). The van der Waals surface area contributed by atoms with E-state index in [1.807, 2.05) is 6.07 Å². The zero-order valence-electron chi connectivity index (χ0n) is 11.0. The summed E-state index contributed by atoms with van der Waals surface area (Å²) in [5.74, 6) is 2.28. The summed E-state index contributed by atoms with van der Waals surface area (Å²) >= 11 is 11.9. The van der Waals surface area contributed by atoms with Gasteiger partial charge in [0.25, 0.3) is 0 Å². The molecule has 1 heterocycles. The molecule has 2 nitrogen and oxygen atoms in total. The van der Waals surface area contributed by atoms with Gasteiger partial charge >= 0.3 is 0 Å². The van der Waals surface area contributed by atoms with Crippen molar-refractivity contribution in [3.63, 3.8) is 0 Å². The van der Waals surface area contributed by atoms with Crippen LogP contribution >= 0.6 is 23.2 Å². The number of halogens is 2. The van der Waals surface area contributed by atoms with E-state index >= 15 is 0 Å². The van der Waals surface area contributed by atoms with E-state index in [1.54, 1.807) is 6.20 Å². The molecule has 1 aliphatic carbocycles. The van der Waals surface area contributed by atoms with Crippen LogP contribution in [0.15, 0.2) is 12.3 Å². The van der Waals surface area contributed by atoms with Crippen molar-refractivity contribution in [3.05, 3.63) is 22.8 Å². The standard InChI is InChI=1S/C14H20Cl2N2/c1-10-3-5-12(6-4-10)18(2)14-7-11(8-15)13(16)9-17-14/h7,9-10,12H,3-6,8H2,1-2H3. The molecule has 0 bridgehead atoms. The van der Waals surface area contributed by atoms with E-state index in [1.165, 1.54) is 25.7 Å². The third-order valence-electron chi connectivity index (χ3n) is 3.96. The molecule has 0 radical (unpaired) electrons. The molecule has 1 aromatic rings. The van der Waals surface area contributed by atoms with Crippen LogP contribution in [0.2, 0.25) is 5.02 Å². The number of alkyl halides is 1. The molecular weight excluding hydrogens is 267 g/mol. The van der Waals surface area contributed by atoms with Crippen LogP contribution in [0.4, 0.5) is 5.82 Å². The van der Waals surface area contributed by atoms with Crippen LogP contribution in [0, 0.1) is 5.92 Å². The Morgan fingerprint density at radius 2 is 2.00 bits per heavy atom. The molecule has 0 aliphatic heterocycles. The Kier molecular flexibility index (Phi) is 4.74. The highest BCUT2D eigenvalue weighted by Gasteiger charge is 2.22. The molecule has 18 heavy (non-hydrogen) atoms. The van der Waals surface area contributed by atoms with Crippen LogP contribution in [0.25, 0.3) is 0 Å². The highest BCUT2D eigenvalue weighted by atomic mass is 35.5. The van der Waals surface area contributed by atoms with Gasteiger partial charge in [0.2, 0.25) is 0 Å². The summed E-state index contributed by atoms with van der Waals surface area (Å²) in [5.41, 5.74) is 0.958. The van der Waals surface area contributed by atoms with Gasteiger partial charge in [0.15, 0.2) is 0 Å². The monoisotopic (exact) mass is 286 g/mol. The number of pyridine rings is 1. The SMILES string of the molecule is CC1CCC(N(C)c2cc(CCl)c(Cl)cn2)CC1. The molecule has 1 fully saturated rings. The van der Waals surface area contributed by atoms with E-state index in [0.717, 1.165) is 17.3 Å². The van der Waals surface area contributed by atoms with Crippen LogP contribution in [0.3, 0.4) is 0 Å². The fourth-order valence-electron chi connectivity index (χ4n) is 2.58. The summed E-state index contributed by atoms with van der Waals surface area (Å²) in [6.07, 6.45) is 6.82. The molecule has 1 aliphatic rings. The Hall–Kier alpha value is -0.470. The number of nitrogens with zero attached hydrogens (tertiary/aromatic N) is 2. The van der Waals surface area contributed by atoms with Crippen molar-refractivity contribution in [3.8, 4) is 0 Å². The van der Waals surface area contributed by atoms with E-state index in [4.69, 9.17) is 23.2 Å². The van der Waals surface area contributed by atoms with Gasteiger partial charge in [0, 0.05) is 25.2 Å². The summed E-state index contributed by atoms with van der Waals surface area (Å²) in [6, 6.07) is 2.60.